The zero-order chi connectivity index (χ0) is 20.6. The van der Waals surface area contributed by atoms with Crippen LogP contribution in [0.1, 0.15) is 11.0 Å². The Balaban J connectivity index is 1.67. The summed E-state index contributed by atoms with van der Waals surface area (Å²) in [6, 6.07) is 10.1. The molecule has 1 N–H and O–H groups in total. The number of pyridine rings is 1. The molecule has 1 atom stereocenters. The highest BCUT2D eigenvalue weighted by Crippen LogP contribution is 2.39. The van der Waals surface area contributed by atoms with Gasteiger partial charge in [0.05, 0.1) is 4.88 Å². The first-order valence-corrected chi connectivity index (χ1v) is 9.81. The second-order valence-corrected chi connectivity index (χ2v) is 8.34. The van der Waals surface area contributed by atoms with Gasteiger partial charge in [0.1, 0.15) is 5.58 Å². The van der Waals surface area contributed by atoms with Gasteiger partial charge in [-0.05, 0) is 24.3 Å². The van der Waals surface area contributed by atoms with Gasteiger partial charge in [-0.3, -0.25) is 4.98 Å². The van der Waals surface area contributed by atoms with Crippen molar-refractivity contribution >= 4 is 34.1 Å². The lowest BCUT2D eigenvalue weighted by molar-refractivity contribution is -0.205. The number of fused-ring (bicyclic) bond motifs is 1. The lowest BCUT2D eigenvalue weighted by Crippen LogP contribution is -2.18. The van der Waals surface area contributed by atoms with Crippen molar-refractivity contribution in [3.63, 3.8) is 0 Å². The fourth-order valence-electron chi connectivity index (χ4n) is 2.67. The third-order valence-corrected chi connectivity index (χ3v) is 6.09. The lowest BCUT2D eigenvalue weighted by Gasteiger charge is -2.11. The zero-order valence-electron chi connectivity index (χ0n) is 14.4. The molecular formula is C19H11F3N2O3S2. The van der Waals surface area contributed by atoms with Gasteiger partial charge in [-0.2, -0.15) is 13.2 Å². The van der Waals surface area contributed by atoms with Crippen LogP contribution in [-0.2, 0) is 0 Å². The SMILES string of the molecule is O=c1cc(-c2cccnc2)c2ccc(Sc3ncc(C(O)C(F)(F)F)s3)cc2o1. The summed E-state index contributed by atoms with van der Waals surface area (Å²) in [4.78, 5) is 20.3. The second kappa shape index (κ2) is 7.62. The van der Waals surface area contributed by atoms with E-state index in [1.54, 1.807) is 36.7 Å². The predicted octanol–water partition coefficient (Wildman–Crippen LogP) is 5.06. The number of benzene rings is 1. The molecule has 0 amide bonds. The molecule has 0 saturated heterocycles. The number of hydrogen-bond donors (Lipinski definition) is 1. The predicted molar refractivity (Wildman–Crippen MR) is 103 cm³/mol. The number of nitrogens with zero attached hydrogens (tertiary/aromatic N) is 2. The molecule has 4 rings (SSSR count). The number of halogens is 3. The average molecular weight is 436 g/mol. The van der Waals surface area contributed by atoms with Gasteiger partial charge in [-0.15, -0.1) is 11.3 Å². The van der Waals surface area contributed by atoms with Crippen LogP contribution >= 0.6 is 23.1 Å². The normalized spacial score (nSPS) is 13.0. The molecule has 3 aromatic heterocycles. The Morgan fingerprint density at radius 2 is 2.00 bits per heavy atom. The number of rotatable bonds is 4. The van der Waals surface area contributed by atoms with Crippen LogP contribution in [0, 0.1) is 0 Å². The van der Waals surface area contributed by atoms with Crippen molar-refractivity contribution in [1.29, 1.82) is 0 Å². The molecule has 0 aliphatic carbocycles. The molecule has 29 heavy (non-hydrogen) atoms. The first-order chi connectivity index (χ1) is 13.8. The molecule has 4 aromatic rings. The van der Waals surface area contributed by atoms with E-state index >= 15 is 0 Å². The van der Waals surface area contributed by atoms with Crippen molar-refractivity contribution < 1.29 is 22.7 Å². The van der Waals surface area contributed by atoms with Gasteiger partial charge in [0.25, 0.3) is 0 Å². The number of aromatic nitrogens is 2. The van der Waals surface area contributed by atoms with Gasteiger partial charge in [0.2, 0.25) is 0 Å². The van der Waals surface area contributed by atoms with E-state index in [2.05, 4.69) is 9.97 Å². The summed E-state index contributed by atoms with van der Waals surface area (Å²) in [7, 11) is 0. The second-order valence-electron chi connectivity index (χ2n) is 5.95. The molecule has 0 radical (unpaired) electrons. The third-order valence-electron chi connectivity index (χ3n) is 3.98. The van der Waals surface area contributed by atoms with Crippen molar-refractivity contribution in [1.82, 2.24) is 9.97 Å². The Hall–Kier alpha value is -2.69. The quantitative estimate of drug-likeness (QED) is 0.451. The van der Waals surface area contributed by atoms with E-state index < -0.39 is 17.9 Å². The summed E-state index contributed by atoms with van der Waals surface area (Å²) in [5.41, 5.74) is 1.25. The minimum Gasteiger partial charge on any atom is -0.423 e. The highest BCUT2D eigenvalue weighted by Gasteiger charge is 2.40. The van der Waals surface area contributed by atoms with Gasteiger partial charge >= 0.3 is 11.8 Å². The molecule has 0 aliphatic rings. The lowest BCUT2D eigenvalue weighted by atomic mass is 10.0. The highest BCUT2D eigenvalue weighted by molar-refractivity contribution is 8.01. The molecule has 0 spiro atoms. The summed E-state index contributed by atoms with van der Waals surface area (Å²) in [6.45, 7) is 0. The monoisotopic (exact) mass is 436 g/mol. The number of hydrogen-bond acceptors (Lipinski definition) is 7. The number of alkyl halides is 3. The summed E-state index contributed by atoms with van der Waals surface area (Å²) >= 11 is 1.87. The van der Waals surface area contributed by atoms with Gasteiger partial charge in [-0.1, -0.05) is 17.8 Å². The molecule has 0 bridgehead atoms. The van der Waals surface area contributed by atoms with Crippen molar-refractivity contribution in [3.8, 4) is 11.1 Å². The topological polar surface area (TPSA) is 76.2 Å². The smallest absolute Gasteiger partial charge is 0.419 e. The summed E-state index contributed by atoms with van der Waals surface area (Å²) in [5.74, 6) is 0. The highest BCUT2D eigenvalue weighted by atomic mass is 32.2. The minimum atomic E-state index is -4.75. The van der Waals surface area contributed by atoms with Crippen LogP contribution in [0.4, 0.5) is 13.2 Å². The molecule has 0 aliphatic heterocycles. The molecule has 3 heterocycles. The summed E-state index contributed by atoms with van der Waals surface area (Å²) in [5, 5.41) is 10.0. The van der Waals surface area contributed by atoms with E-state index in [-0.39, 0.29) is 4.88 Å². The molecular weight excluding hydrogens is 425 g/mol. The fraction of sp³-hybridized carbons (Fsp3) is 0.105. The van der Waals surface area contributed by atoms with Crippen LogP contribution < -0.4 is 5.63 Å². The Labute approximate surface area is 169 Å². The van der Waals surface area contributed by atoms with E-state index in [0.29, 0.717) is 25.8 Å². The fourth-order valence-corrected chi connectivity index (χ4v) is 4.68. The van der Waals surface area contributed by atoms with Crippen molar-refractivity contribution in [2.24, 2.45) is 0 Å². The number of thiazole rings is 1. The molecule has 10 heteroatoms. The first kappa shape index (κ1) is 19.6. The maximum absolute atomic E-state index is 12.6. The van der Waals surface area contributed by atoms with E-state index in [0.717, 1.165) is 34.9 Å². The molecule has 1 aromatic carbocycles. The van der Waals surface area contributed by atoms with Crippen LogP contribution in [0.3, 0.4) is 0 Å². The maximum atomic E-state index is 12.6. The molecule has 148 valence electrons. The van der Waals surface area contributed by atoms with Gasteiger partial charge < -0.3 is 9.52 Å². The van der Waals surface area contributed by atoms with E-state index in [1.807, 2.05) is 6.07 Å². The molecule has 0 saturated carbocycles. The van der Waals surface area contributed by atoms with Crippen molar-refractivity contribution in [2.75, 3.05) is 0 Å². The van der Waals surface area contributed by atoms with Crippen LogP contribution in [0.15, 0.2) is 73.4 Å². The van der Waals surface area contributed by atoms with E-state index in [4.69, 9.17) is 4.42 Å². The first-order valence-electron chi connectivity index (χ1n) is 8.18. The summed E-state index contributed by atoms with van der Waals surface area (Å²) in [6.07, 6.45) is -3.04. The molecule has 0 fully saturated rings. The summed E-state index contributed by atoms with van der Waals surface area (Å²) < 4.78 is 43.5. The van der Waals surface area contributed by atoms with E-state index in [9.17, 15) is 23.1 Å². The largest absolute Gasteiger partial charge is 0.423 e. The standard InChI is InChI=1S/C19H11F3N2O3S2/c20-19(21,22)17(26)15-9-24-18(29-15)28-11-3-4-12-13(10-2-1-5-23-8-10)7-16(25)27-14(12)6-11/h1-9,17,26H. The average Bonchev–Trinajstić information content (AvgIpc) is 3.14. The van der Waals surface area contributed by atoms with E-state index in [1.165, 1.54) is 6.07 Å². The number of aliphatic hydroxyl groups excluding tert-OH is 1. The minimum absolute atomic E-state index is 0.286. The maximum Gasteiger partial charge on any atom is 0.419 e. The van der Waals surface area contributed by atoms with Crippen LogP contribution in [0.5, 0.6) is 0 Å². The Bertz CT molecular complexity index is 1220. The van der Waals surface area contributed by atoms with Gasteiger partial charge in [-0.25, -0.2) is 9.78 Å². The van der Waals surface area contributed by atoms with Crippen LogP contribution in [-0.4, -0.2) is 21.3 Å². The molecule has 1 unspecified atom stereocenters. The Kier molecular flexibility index (Phi) is 5.15. The zero-order valence-corrected chi connectivity index (χ0v) is 16.0. The number of aliphatic hydroxyl groups is 1. The Morgan fingerprint density at radius 1 is 1.17 bits per heavy atom. The Morgan fingerprint density at radius 3 is 2.72 bits per heavy atom. The third kappa shape index (κ3) is 4.19. The van der Waals surface area contributed by atoms with Crippen molar-refractivity contribution in [2.45, 2.75) is 21.5 Å². The van der Waals surface area contributed by atoms with Crippen LogP contribution in [0.2, 0.25) is 0 Å². The molecule has 5 nitrogen and oxygen atoms in total. The van der Waals surface area contributed by atoms with Crippen molar-refractivity contribution in [3.05, 3.63) is 70.3 Å². The van der Waals surface area contributed by atoms with Gasteiger partial charge in [0, 0.05) is 46.1 Å². The van der Waals surface area contributed by atoms with Gasteiger partial charge in [0.15, 0.2) is 10.4 Å². The van der Waals surface area contributed by atoms with Crippen LogP contribution in [0.25, 0.3) is 22.1 Å².